The molecular weight excluding hydrogens is 324 g/mol. The molecule has 1 aromatic carbocycles. The molecule has 0 atom stereocenters. The lowest BCUT2D eigenvalue weighted by Crippen LogP contribution is -2.30. The smallest absolute Gasteiger partial charge is 0.154 e. The molecule has 0 unspecified atom stereocenters. The van der Waals surface area contributed by atoms with Gasteiger partial charge in [0.15, 0.2) is 5.65 Å². The molecule has 1 saturated heterocycles. The van der Waals surface area contributed by atoms with E-state index in [4.69, 9.17) is 5.10 Å². The number of benzene rings is 1. The molecule has 0 amide bonds. The standard InChI is InChI=1S/C20H20N6/c1-2-10-25(11-3-1)20-9-8-19-21-14-18(26(19)24-20)16-6-4-15(5-7-16)17-12-22-23-13-17/h4-9,12-14H,1-3,10-11H2,(H,22,23). The minimum atomic E-state index is 0.875. The molecule has 0 saturated carbocycles. The third-order valence-electron chi connectivity index (χ3n) is 5.04. The van der Waals surface area contributed by atoms with Gasteiger partial charge in [0.25, 0.3) is 0 Å². The number of imidazole rings is 1. The fraction of sp³-hybridized carbons (Fsp3) is 0.250. The lowest BCUT2D eigenvalue weighted by molar-refractivity contribution is 0.570. The van der Waals surface area contributed by atoms with Gasteiger partial charge >= 0.3 is 0 Å². The van der Waals surface area contributed by atoms with Crippen molar-refractivity contribution < 1.29 is 0 Å². The monoisotopic (exact) mass is 344 g/mol. The lowest BCUT2D eigenvalue weighted by Gasteiger charge is -2.27. The summed E-state index contributed by atoms with van der Waals surface area (Å²) in [6.07, 6.45) is 9.43. The van der Waals surface area contributed by atoms with E-state index in [9.17, 15) is 0 Å². The lowest BCUT2D eigenvalue weighted by atomic mass is 10.1. The van der Waals surface area contributed by atoms with Gasteiger partial charge in [0.2, 0.25) is 0 Å². The van der Waals surface area contributed by atoms with Gasteiger partial charge in [-0.3, -0.25) is 5.10 Å². The average molecular weight is 344 g/mol. The van der Waals surface area contributed by atoms with Gasteiger partial charge in [-0.05, 0) is 37.0 Å². The van der Waals surface area contributed by atoms with Crippen LogP contribution < -0.4 is 4.90 Å². The minimum Gasteiger partial charge on any atom is -0.355 e. The van der Waals surface area contributed by atoms with Crippen LogP contribution in [0.3, 0.4) is 0 Å². The fourth-order valence-corrected chi connectivity index (χ4v) is 3.59. The summed E-state index contributed by atoms with van der Waals surface area (Å²) < 4.78 is 1.96. The molecule has 0 spiro atoms. The maximum absolute atomic E-state index is 4.87. The van der Waals surface area contributed by atoms with Crippen molar-refractivity contribution in [3.05, 3.63) is 55.0 Å². The fourth-order valence-electron chi connectivity index (χ4n) is 3.59. The normalized spacial score (nSPS) is 14.8. The molecule has 4 heterocycles. The second kappa shape index (κ2) is 6.29. The molecular formula is C20H20N6. The molecule has 1 aliphatic heterocycles. The van der Waals surface area contributed by atoms with E-state index in [0.29, 0.717) is 0 Å². The second-order valence-corrected chi connectivity index (χ2v) is 6.72. The number of H-pyrrole nitrogens is 1. The predicted octanol–water partition coefficient (Wildman–Crippen LogP) is 3.78. The first-order valence-corrected chi connectivity index (χ1v) is 9.08. The summed E-state index contributed by atoms with van der Waals surface area (Å²) in [6, 6.07) is 12.6. The van der Waals surface area contributed by atoms with Crippen LogP contribution in [0.15, 0.2) is 55.0 Å². The van der Waals surface area contributed by atoms with Crippen molar-refractivity contribution in [2.24, 2.45) is 0 Å². The molecule has 1 N–H and O–H groups in total. The summed E-state index contributed by atoms with van der Waals surface area (Å²) >= 11 is 0. The van der Waals surface area contributed by atoms with Crippen molar-refractivity contribution in [1.82, 2.24) is 24.8 Å². The van der Waals surface area contributed by atoms with Gasteiger partial charge in [0.1, 0.15) is 5.82 Å². The van der Waals surface area contributed by atoms with E-state index in [1.165, 1.54) is 19.3 Å². The third-order valence-corrected chi connectivity index (χ3v) is 5.04. The molecule has 1 aliphatic rings. The van der Waals surface area contributed by atoms with Crippen LogP contribution in [0, 0.1) is 0 Å². The number of nitrogens with one attached hydrogen (secondary N) is 1. The van der Waals surface area contributed by atoms with Gasteiger partial charge in [-0.2, -0.15) is 5.10 Å². The van der Waals surface area contributed by atoms with Crippen LogP contribution in [0.2, 0.25) is 0 Å². The zero-order chi connectivity index (χ0) is 17.3. The summed E-state index contributed by atoms with van der Waals surface area (Å²) in [4.78, 5) is 6.89. The summed E-state index contributed by atoms with van der Waals surface area (Å²) in [5.41, 5.74) is 5.21. The summed E-state index contributed by atoms with van der Waals surface area (Å²) in [7, 11) is 0. The molecule has 3 aromatic heterocycles. The number of hydrogen-bond donors (Lipinski definition) is 1. The number of rotatable bonds is 3. The molecule has 1 fully saturated rings. The highest BCUT2D eigenvalue weighted by atomic mass is 15.3. The Labute approximate surface area is 151 Å². The number of piperidine rings is 1. The van der Waals surface area contributed by atoms with Gasteiger partial charge in [0.05, 0.1) is 18.1 Å². The predicted molar refractivity (Wildman–Crippen MR) is 102 cm³/mol. The molecule has 4 aromatic rings. The zero-order valence-electron chi connectivity index (χ0n) is 14.5. The largest absolute Gasteiger partial charge is 0.355 e. The first kappa shape index (κ1) is 15.1. The number of aromatic amines is 1. The maximum atomic E-state index is 4.87. The van der Waals surface area contributed by atoms with E-state index in [1.807, 2.05) is 23.1 Å². The number of nitrogens with zero attached hydrogens (tertiary/aromatic N) is 5. The topological polar surface area (TPSA) is 62.1 Å². The molecule has 6 heteroatoms. The molecule has 0 bridgehead atoms. The van der Waals surface area contributed by atoms with Gasteiger partial charge in [-0.1, -0.05) is 24.3 Å². The van der Waals surface area contributed by atoms with Crippen LogP contribution in [0.1, 0.15) is 19.3 Å². The van der Waals surface area contributed by atoms with Gasteiger partial charge in [0, 0.05) is 30.4 Å². The summed E-state index contributed by atoms with van der Waals surface area (Å²) in [5, 5.41) is 11.7. The van der Waals surface area contributed by atoms with Crippen LogP contribution in [0.5, 0.6) is 0 Å². The van der Waals surface area contributed by atoms with Crippen molar-refractivity contribution in [3.8, 4) is 22.4 Å². The Morgan fingerprint density at radius 2 is 1.62 bits per heavy atom. The van der Waals surface area contributed by atoms with Crippen LogP contribution in [0.25, 0.3) is 28.0 Å². The van der Waals surface area contributed by atoms with Crippen LogP contribution in [0.4, 0.5) is 5.82 Å². The first-order valence-electron chi connectivity index (χ1n) is 9.08. The van der Waals surface area contributed by atoms with Crippen molar-refractivity contribution in [3.63, 3.8) is 0 Å². The SMILES string of the molecule is c1cc(-c2cnc3ccc(N4CCCCC4)nn23)ccc1-c1cn[nH]c1. The number of fused-ring (bicyclic) bond motifs is 1. The minimum absolute atomic E-state index is 0.875. The molecule has 5 rings (SSSR count). The highest BCUT2D eigenvalue weighted by Crippen LogP contribution is 2.26. The highest BCUT2D eigenvalue weighted by Gasteiger charge is 2.14. The van der Waals surface area contributed by atoms with Gasteiger partial charge in [-0.15, -0.1) is 5.10 Å². The van der Waals surface area contributed by atoms with E-state index in [1.54, 1.807) is 0 Å². The number of hydrogen-bond acceptors (Lipinski definition) is 4. The van der Waals surface area contributed by atoms with Crippen LogP contribution in [-0.2, 0) is 0 Å². The van der Waals surface area contributed by atoms with Crippen molar-refractivity contribution >= 4 is 11.5 Å². The summed E-state index contributed by atoms with van der Waals surface area (Å²) in [6.45, 7) is 2.17. The first-order chi connectivity index (χ1) is 12.9. The molecule has 130 valence electrons. The highest BCUT2D eigenvalue weighted by molar-refractivity contribution is 5.69. The summed E-state index contributed by atoms with van der Waals surface area (Å²) in [5.74, 6) is 1.03. The quantitative estimate of drug-likeness (QED) is 0.614. The van der Waals surface area contributed by atoms with Crippen LogP contribution >= 0.6 is 0 Å². The average Bonchev–Trinajstić information content (AvgIpc) is 3.38. The van der Waals surface area contributed by atoms with E-state index in [-0.39, 0.29) is 0 Å². The van der Waals surface area contributed by atoms with Crippen molar-refractivity contribution in [2.75, 3.05) is 18.0 Å². The number of anilines is 1. The zero-order valence-corrected chi connectivity index (χ0v) is 14.5. The van der Waals surface area contributed by atoms with Crippen molar-refractivity contribution in [1.29, 1.82) is 0 Å². The molecule has 26 heavy (non-hydrogen) atoms. The molecule has 0 aliphatic carbocycles. The van der Waals surface area contributed by atoms with Gasteiger partial charge < -0.3 is 4.90 Å². The Balaban J connectivity index is 1.52. The number of aromatic nitrogens is 5. The van der Waals surface area contributed by atoms with E-state index in [0.717, 1.165) is 46.9 Å². The van der Waals surface area contributed by atoms with Crippen LogP contribution in [-0.4, -0.2) is 37.9 Å². The maximum Gasteiger partial charge on any atom is 0.154 e. The van der Waals surface area contributed by atoms with E-state index < -0.39 is 0 Å². The van der Waals surface area contributed by atoms with Crippen molar-refractivity contribution in [2.45, 2.75) is 19.3 Å². The van der Waals surface area contributed by atoms with E-state index >= 15 is 0 Å². The Bertz CT molecular complexity index is 1010. The Morgan fingerprint density at radius 3 is 2.38 bits per heavy atom. The van der Waals surface area contributed by atoms with Gasteiger partial charge in [-0.25, -0.2) is 9.50 Å². The molecule has 0 radical (unpaired) electrons. The van der Waals surface area contributed by atoms with E-state index in [2.05, 4.69) is 56.5 Å². The third kappa shape index (κ3) is 2.63. The Hall–Kier alpha value is -3.15. The second-order valence-electron chi connectivity index (χ2n) is 6.72. The Morgan fingerprint density at radius 1 is 0.808 bits per heavy atom. The Kier molecular flexibility index (Phi) is 3.66. The molecule has 6 nitrogen and oxygen atoms in total.